The zero-order valence-electron chi connectivity index (χ0n) is 14.0. The van der Waals surface area contributed by atoms with Gasteiger partial charge < -0.3 is 25.0 Å². The zero-order chi connectivity index (χ0) is 18.0. The Balaban J connectivity index is 1.67. The van der Waals surface area contributed by atoms with Crippen molar-refractivity contribution in [3.8, 4) is 11.5 Å². The predicted octanol–water partition coefficient (Wildman–Crippen LogP) is 1.14. The van der Waals surface area contributed by atoms with Gasteiger partial charge in [-0.2, -0.15) is 0 Å². The van der Waals surface area contributed by atoms with Crippen molar-refractivity contribution >= 4 is 17.4 Å². The van der Waals surface area contributed by atoms with Crippen molar-refractivity contribution in [2.75, 3.05) is 31.7 Å². The van der Waals surface area contributed by atoms with Gasteiger partial charge >= 0.3 is 5.97 Å². The van der Waals surface area contributed by atoms with Crippen LogP contribution in [0.4, 0.5) is 5.69 Å². The predicted molar refractivity (Wildman–Crippen MR) is 89.0 cm³/mol. The first kappa shape index (κ1) is 17.5. The summed E-state index contributed by atoms with van der Waals surface area (Å²) in [5.74, 6) is -0.341. The Morgan fingerprint density at radius 2 is 2.08 bits per heavy atom. The number of anilines is 1. The molecule has 25 heavy (non-hydrogen) atoms. The Hall–Kier alpha value is -2.32. The average Bonchev–Trinajstić information content (AvgIpc) is 3.01. The number of carboxylic acids is 1. The maximum Gasteiger partial charge on any atom is 0.307 e. The van der Waals surface area contributed by atoms with E-state index in [-0.39, 0.29) is 19.1 Å². The van der Waals surface area contributed by atoms with Crippen LogP contribution in [-0.4, -0.2) is 59.5 Å². The summed E-state index contributed by atoms with van der Waals surface area (Å²) in [5.41, 5.74) is 0.876. The van der Waals surface area contributed by atoms with E-state index < -0.39 is 18.1 Å². The van der Waals surface area contributed by atoms with Gasteiger partial charge in [-0.05, 0) is 32.4 Å². The average molecular weight is 350 g/mol. The first-order chi connectivity index (χ1) is 11.9. The SMILES string of the molecule is CC(=O)c1cc2c(cc1NC(O)CN1CCCC(C(=O)O)C1)OCO2. The van der Waals surface area contributed by atoms with Crippen molar-refractivity contribution < 1.29 is 29.3 Å². The quantitative estimate of drug-likeness (QED) is 0.518. The molecule has 1 aromatic rings. The number of carbonyl (C=O) groups excluding carboxylic acids is 1. The molecule has 0 amide bonds. The second-order valence-corrected chi connectivity index (χ2v) is 6.40. The van der Waals surface area contributed by atoms with E-state index >= 15 is 0 Å². The number of rotatable bonds is 6. The minimum atomic E-state index is -0.939. The number of β-amino-alcohol motifs (C(OH)–C–C–N with tert-alkyl or cyclic N) is 1. The third kappa shape index (κ3) is 4.02. The number of carbonyl (C=O) groups is 2. The largest absolute Gasteiger partial charge is 0.481 e. The summed E-state index contributed by atoms with van der Waals surface area (Å²) in [6.07, 6.45) is 0.504. The maximum atomic E-state index is 11.9. The molecule has 2 heterocycles. The van der Waals surface area contributed by atoms with Crippen molar-refractivity contribution in [2.45, 2.75) is 26.0 Å². The number of hydrogen-bond donors (Lipinski definition) is 3. The second-order valence-electron chi connectivity index (χ2n) is 6.40. The molecule has 3 rings (SSSR count). The monoisotopic (exact) mass is 350 g/mol. The van der Waals surface area contributed by atoms with Crippen LogP contribution in [0.1, 0.15) is 30.1 Å². The summed E-state index contributed by atoms with van der Waals surface area (Å²) in [6, 6.07) is 3.24. The molecule has 0 saturated carbocycles. The molecular formula is C17H22N2O6. The number of ketones is 1. The number of aliphatic hydroxyl groups is 1. The van der Waals surface area contributed by atoms with E-state index in [4.69, 9.17) is 14.6 Å². The van der Waals surface area contributed by atoms with Crippen LogP contribution in [0.25, 0.3) is 0 Å². The third-order valence-electron chi connectivity index (χ3n) is 4.50. The highest BCUT2D eigenvalue weighted by Gasteiger charge is 2.27. The Morgan fingerprint density at radius 3 is 2.76 bits per heavy atom. The molecule has 3 N–H and O–H groups in total. The van der Waals surface area contributed by atoms with E-state index in [1.807, 2.05) is 4.90 Å². The number of piperidine rings is 1. The molecule has 1 aromatic carbocycles. The van der Waals surface area contributed by atoms with Crippen molar-refractivity contribution in [2.24, 2.45) is 5.92 Å². The van der Waals surface area contributed by atoms with Gasteiger partial charge in [0, 0.05) is 24.7 Å². The van der Waals surface area contributed by atoms with E-state index in [9.17, 15) is 14.7 Å². The topological polar surface area (TPSA) is 108 Å². The molecule has 1 saturated heterocycles. The van der Waals surface area contributed by atoms with Gasteiger partial charge in [-0.1, -0.05) is 0 Å². The fourth-order valence-electron chi connectivity index (χ4n) is 3.25. The summed E-state index contributed by atoms with van der Waals surface area (Å²) >= 11 is 0. The first-order valence-corrected chi connectivity index (χ1v) is 8.28. The van der Waals surface area contributed by atoms with Gasteiger partial charge in [0.2, 0.25) is 6.79 Å². The second kappa shape index (κ2) is 7.28. The number of hydrogen-bond acceptors (Lipinski definition) is 7. The van der Waals surface area contributed by atoms with Gasteiger partial charge in [-0.25, -0.2) is 0 Å². The van der Waals surface area contributed by atoms with Crippen LogP contribution >= 0.6 is 0 Å². The minimum Gasteiger partial charge on any atom is -0.481 e. The van der Waals surface area contributed by atoms with Crippen molar-refractivity contribution in [3.05, 3.63) is 17.7 Å². The maximum absolute atomic E-state index is 11.9. The van der Waals surface area contributed by atoms with Gasteiger partial charge in [0.15, 0.2) is 17.3 Å². The van der Waals surface area contributed by atoms with Gasteiger partial charge in [0.25, 0.3) is 0 Å². The summed E-state index contributed by atoms with van der Waals surface area (Å²) in [7, 11) is 0. The Morgan fingerprint density at radius 1 is 1.36 bits per heavy atom. The standard InChI is InChI=1S/C17H22N2O6/c1-10(20)12-5-14-15(25-9-24-14)6-13(12)18-16(21)8-19-4-2-3-11(7-19)17(22)23/h5-6,11,16,18,21H,2-4,7-9H2,1H3,(H,22,23). The van der Waals surface area contributed by atoms with Crippen LogP contribution in [0.15, 0.2) is 12.1 Å². The molecule has 0 spiro atoms. The lowest BCUT2D eigenvalue weighted by Gasteiger charge is -2.32. The van der Waals surface area contributed by atoms with E-state index in [1.54, 1.807) is 12.1 Å². The van der Waals surface area contributed by atoms with Crippen molar-refractivity contribution in [3.63, 3.8) is 0 Å². The molecule has 1 fully saturated rings. The molecule has 0 aromatic heterocycles. The summed E-state index contributed by atoms with van der Waals surface area (Å²) in [4.78, 5) is 24.9. The summed E-state index contributed by atoms with van der Waals surface area (Å²) in [6.45, 7) is 2.97. The number of likely N-dealkylation sites (tertiary alicyclic amines) is 1. The van der Waals surface area contributed by atoms with Crippen molar-refractivity contribution in [1.29, 1.82) is 0 Å². The zero-order valence-corrected chi connectivity index (χ0v) is 14.0. The van der Waals surface area contributed by atoms with E-state index in [1.165, 1.54) is 6.92 Å². The molecule has 0 radical (unpaired) electrons. The Kier molecular flexibility index (Phi) is 5.10. The highest BCUT2D eigenvalue weighted by atomic mass is 16.7. The number of benzene rings is 1. The highest BCUT2D eigenvalue weighted by Crippen LogP contribution is 2.37. The Bertz CT molecular complexity index is 677. The van der Waals surface area contributed by atoms with Gasteiger partial charge in [-0.3, -0.25) is 14.5 Å². The molecule has 2 aliphatic rings. The molecule has 2 atom stereocenters. The Labute approximate surface area is 145 Å². The van der Waals surface area contributed by atoms with Crippen molar-refractivity contribution in [1.82, 2.24) is 4.90 Å². The van der Waals surface area contributed by atoms with Gasteiger partial charge in [-0.15, -0.1) is 0 Å². The smallest absolute Gasteiger partial charge is 0.307 e. The lowest BCUT2D eigenvalue weighted by molar-refractivity contribution is -0.143. The number of aliphatic hydroxyl groups excluding tert-OH is 1. The fraction of sp³-hybridized carbons (Fsp3) is 0.529. The van der Waals surface area contributed by atoms with Crippen LogP contribution in [0.3, 0.4) is 0 Å². The van der Waals surface area contributed by atoms with Crippen LogP contribution in [-0.2, 0) is 4.79 Å². The van der Waals surface area contributed by atoms with Gasteiger partial charge in [0.1, 0.15) is 6.23 Å². The normalized spacial score (nSPS) is 21.0. The van der Waals surface area contributed by atoms with Crippen LogP contribution in [0, 0.1) is 5.92 Å². The van der Waals surface area contributed by atoms with Crippen LogP contribution < -0.4 is 14.8 Å². The van der Waals surface area contributed by atoms with Crippen LogP contribution in [0.2, 0.25) is 0 Å². The molecule has 0 aliphatic carbocycles. The number of fused-ring (bicyclic) bond motifs is 1. The minimum absolute atomic E-state index is 0.100. The molecule has 0 bridgehead atoms. The molecule has 136 valence electrons. The van der Waals surface area contributed by atoms with Crippen LogP contribution in [0.5, 0.6) is 11.5 Å². The molecule has 8 nitrogen and oxygen atoms in total. The first-order valence-electron chi connectivity index (χ1n) is 8.28. The lowest BCUT2D eigenvalue weighted by atomic mass is 9.98. The van der Waals surface area contributed by atoms with Gasteiger partial charge in [0.05, 0.1) is 11.6 Å². The summed E-state index contributed by atoms with van der Waals surface area (Å²) < 4.78 is 10.6. The number of nitrogens with zero attached hydrogens (tertiary/aromatic N) is 1. The van der Waals surface area contributed by atoms with E-state index in [0.717, 1.165) is 13.0 Å². The number of nitrogens with one attached hydrogen (secondary N) is 1. The number of ether oxygens (including phenoxy) is 2. The fourth-order valence-corrected chi connectivity index (χ4v) is 3.25. The molecule has 8 heteroatoms. The summed E-state index contributed by atoms with van der Waals surface area (Å²) in [5, 5.41) is 22.4. The number of Topliss-reactive ketones (excluding diaryl/α,β-unsaturated/α-hetero) is 1. The molecule has 2 aliphatic heterocycles. The lowest BCUT2D eigenvalue weighted by Crippen LogP contribution is -2.44. The van der Waals surface area contributed by atoms with E-state index in [0.29, 0.717) is 35.7 Å². The highest BCUT2D eigenvalue weighted by molar-refractivity contribution is 6.00. The third-order valence-corrected chi connectivity index (χ3v) is 4.50. The number of carboxylic acid groups (broad SMARTS) is 1. The molecule has 2 unspecified atom stereocenters. The number of aliphatic carboxylic acids is 1. The molecular weight excluding hydrogens is 328 g/mol. The van der Waals surface area contributed by atoms with E-state index in [2.05, 4.69) is 5.32 Å².